The quantitative estimate of drug-likeness (QED) is 0.863. The van der Waals surface area contributed by atoms with E-state index >= 15 is 0 Å². The van der Waals surface area contributed by atoms with E-state index in [1.54, 1.807) is 18.8 Å². The first kappa shape index (κ1) is 17.3. The van der Waals surface area contributed by atoms with Crippen LogP contribution in [0, 0.1) is 6.92 Å². The van der Waals surface area contributed by atoms with Crippen LogP contribution in [0.25, 0.3) is 0 Å². The molecule has 2 amide bonds. The van der Waals surface area contributed by atoms with E-state index in [1.807, 2.05) is 0 Å². The largest absolute Gasteiger partial charge is 0.358 e. The van der Waals surface area contributed by atoms with Gasteiger partial charge >= 0.3 is 0 Å². The van der Waals surface area contributed by atoms with E-state index in [4.69, 9.17) is 0 Å². The minimum atomic E-state index is -0.00861. The van der Waals surface area contributed by atoms with Gasteiger partial charge in [0.15, 0.2) is 0 Å². The Kier molecular flexibility index (Phi) is 5.46. The second-order valence-electron chi connectivity index (χ2n) is 6.65. The number of carbonyl (C=O) groups excluding carboxylic acids is 2. The third-order valence-corrected chi connectivity index (χ3v) is 6.07. The minimum absolute atomic E-state index is 0.00861. The fourth-order valence-corrected chi connectivity index (χ4v) is 4.59. The Labute approximate surface area is 147 Å². The number of aryl methyl sites for hydroxylation is 1. The molecule has 130 valence electrons. The number of carbonyl (C=O) groups is 2. The predicted octanol–water partition coefficient (Wildman–Crippen LogP) is 1.34. The SMILES string of the molecule is CNC(=O)CN1CCC(NC(=O)[C@H]2Cc3ccc(C)cc3S2)CC1. The molecule has 0 saturated carbocycles. The second-order valence-corrected chi connectivity index (χ2v) is 7.90. The van der Waals surface area contributed by atoms with Crippen molar-refractivity contribution in [2.24, 2.45) is 0 Å². The number of nitrogens with zero attached hydrogens (tertiary/aromatic N) is 1. The molecule has 5 nitrogen and oxygen atoms in total. The molecule has 0 aromatic heterocycles. The van der Waals surface area contributed by atoms with Crippen molar-refractivity contribution >= 4 is 23.6 Å². The Hall–Kier alpha value is -1.53. The first-order valence-corrected chi connectivity index (χ1v) is 9.42. The van der Waals surface area contributed by atoms with Gasteiger partial charge in [0.25, 0.3) is 0 Å². The van der Waals surface area contributed by atoms with Crippen molar-refractivity contribution < 1.29 is 9.59 Å². The predicted molar refractivity (Wildman–Crippen MR) is 96.2 cm³/mol. The van der Waals surface area contributed by atoms with Crippen molar-refractivity contribution in [1.82, 2.24) is 15.5 Å². The summed E-state index contributed by atoms with van der Waals surface area (Å²) < 4.78 is 0. The zero-order valence-electron chi connectivity index (χ0n) is 14.3. The molecule has 6 heteroatoms. The fraction of sp³-hybridized carbons (Fsp3) is 0.556. The van der Waals surface area contributed by atoms with Gasteiger partial charge in [-0.1, -0.05) is 17.7 Å². The van der Waals surface area contributed by atoms with Crippen LogP contribution in [0.3, 0.4) is 0 Å². The highest BCUT2D eigenvalue weighted by Gasteiger charge is 2.30. The average molecular weight is 347 g/mol. The van der Waals surface area contributed by atoms with Crippen LogP contribution in [0.1, 0.15) is 24.0 Å². The van der Waals surface area contributed by atoms with Gasteiger partial charge < -0.3 is 10.6 Å². The highest BCUT2D eigenvalue weighted by molar-refractivity contribution is 8.01. The lowest BCUT2D eigenvalue weighted by molar-refractivity contribution is -0.123. The van der Waals surface area contributed by atoms with Gasteiger partial charge in [-0.2, -0.15) is 0 Å². The third kappa shape index (κ3) is 4.11. The monoisotopic (exact) mass is 347 g/mol. The first-order valence-electron chi connectivity index (χ1n) is 8.54. The van der Waals surface area contributed by atoms with Gasteiger partial charge in [-0.15, -0.1) is 11.8 Å². The smallest absolute Gasteiger partial charge is 0.234 e. The number of hydrogen-bond donors (Lipinski definition) is 2. The number of amides is 2. The van der Waals surface area contributed by atoms with Crippen molar-refractivity contribution in [3.05, 3.63) is 29.3 Å². The molecule has 1 aromatic carbocycles. The van der Waals surface area contributed by atoms with Crippen LogP contribution in [0.2, 0.25) is 0 Å². The molecule has 1 atom stereocenters. The van der Waals surface area contributed by atoms with E-state index in [9.17, 15) is 9.59 Å². The molecule has 2 heterocycles. The molecule has 0 spiro atoms. The summed E-state index contributed by atoms with van der Waals surface area (Å²) in [4.78, 5) is 27.4. The van der Waals surface area contributed by atoms with Crippen LogP contribution in [0.15, 0.2) is 23.1 Å². The number of likely N-dealkylation sites (N-methyl/N-ethyl adjacent to an activating group) is 1. The number of nitrogens with one attached hydrogen (secondary N) is 2. The highest BCUT2D eigenvalue weighted by atomic mass is 32.2. The molecule has 1 aromatic rings. The molecule has 2 aliphatic heterocycles. The van der Waals surface area contributed by atoms with Crippen molar-refractivity contribution in [3.8, 4) is 0 Å². The maximum atomic E-state index is 12.6. The van der Waals surface area contributed by atoms with Crippen LogP contribution in [0.5, 0.6) is 0 Å². The number of fused-ring (bicyclic) bond motifs is 1. The van der Waals surface area contributed by atoms with Gasteiger partial charge in [-0.05, 0) is 37.8 Å². The lowest BCUT2D eigenvalue weighted by Gasteiger charge is -2.32. The molecule has 0 aliphatic carbocycles. The van der Waals surface area contributed by atoms with Crippen LogP contribution < -0.4 is 10.6 Å². The Morgan fingerprint density at radius 1 is 1.29 bits per heavy atom. The number of piperidine rings is 1. The van der Waals surface area contributed by atoms with Crippen molar-refractivity contribution in [2.45, 2.75) is 42.4 Å². The zero-order chi connectivity index (χ0) is 17.1. The summed E-state index contributed by atoms with van der Waals surface area (Å²) in [6.07, 6.45) is 2.64. The normalized spacial score (nSPS) is 21.3. The first-order chi connectivity index (χ1) is 11.5. The van der Waals surface area contributed by atoms with Crippen LogP contribution >= 0.6 is 11.8 Å². The van der Waals surface area contributed by atoms with E-state index in [2.05, 4.69) is 40.7 Å². The number of benzene rings is 1. The molecule has 0 unspecified atom stereocenters. The molecule has 1 fully saturated rings. The summed E-state index contributed by atoms with van der Waals surface area (Å²) >= 11 is 1.68. The molecular formula is C18H25N3O2S. The molecule has 3 rings (SSSR count). The standard InChI is InChI=1S/C18H25N3O2S/c1-12-3-4-13-10-16(24-15(13)9-12)18(23)20-14-5-7-21(8-6-14)11-17(22)19-2/h3-4,9,14,16H,5-8,10-11H2,1-2H3,(H,19,22)(H,20,23)/t16-/m1/s1. The van der Waals surface area contributed by atoms with E-state index < -0.39 is 0 Å². The molecule has 24 heavy (non-hydrogen) atoms. The Balaban J connectivity index is 1.46. The zero-order valence-corrected chi connectivity index (χ0v) is 15.1. The second kappa shape index (κ2) is 7.57. The van der Waals surface area contributed by atoms with E-state index in [0.717, 1.165) is 32.4 Å². The van der Waals surface area contributed by atoms with E-state index in [-0.39, 0.29) is 23.1 Å². The van der Waals surface area contributed by atoms with E-state index in [1.165, 1.54) is 16.0 Å². The lowest BCUT2D eigenvalue weighted by atomic mass is 10.0. The summed E-state index contributed by atoms with van der Waals surface area (Å²) in [5, 5.41) is 5.85. The van der Waals surface area contributed by atoms with Gasteiger partial charge in [0.05, 0.1) is 11.8 Å². The Bertz CT molecular complexity index is 627. The van der Waals surface area contributed by atoms with E-state index in [0.29, 0.717) is 6.54 Å². The molecule has 2 N–H and O–H groups in total. The topological polar surface area (TPSA) is 61.4 Å². The fourth-order valence-electron chi connectivity index (χ4n) is 3.29. The number of hydrogen-bond acceptors (Lipinski definition) is 4. The minimum Gasteiger partial charge on any atom is -0.358 e. The summed E-state index contributed by atoms with van der Waals surface area (Å²) in [7, 11) is 1.66. The van der Waals surface area contributed by atoms with Gasteiger partial charge in [0.2, 0.25) is 11.8 Å². The highest BCUT2D eigenvalue weighted by Crippen LogP contribution is 2.37. The van der Waals surface area contributed by atoms with Crippen molar-refractivity contribution in [2.75, 3.05) is 26.7 Å². The number of rotatable bonds is 4. The van der Waals surface area contributed by atoms with Gasteiger partial charge in [-0.3, -0.25) is 14.5 Å². The van der Waals surface area contributed by atoms with Gasteiger partial charge in [0, 0.05) is 31.1 Å². The van der Waals surface area contributed by atoms with Crippen LogP contribution in [0.4, 0.5) is 0 Å². The van der Waals surface area contributed by atoms with Gasteiger partial charge in [0.1, 0.15) is 0 Å². The maximum absolute atomic E-state index is 12.6. The third-order valence-electron chi connectivity index (χ3n) is 4.77. The maximum Gasteiger partial charge on any atom is 0.234 e. The summed E-state index contributed by atoms with van der Waals surface area (Å²) in [6.45, 7) is 4.25. The Morgan fingerprint density at radius 2 is 2.04 bits per heavy atom. The molecule has 1 saturated heterocycles. The van der Waals surface area contributed by atoms with Crippen LogP contribution in [-0.2, 0) is 16.0 Å². The van der Waals surface area contributed by atoms with Crippen LogP contribution in [-0.4, -0.2) is 54.7 Å². The molecule has 0 radical (unpaired) electrons. The van der Waals surface area contributed by atoms with Crippen molar-refractivity contribution in [1.29, 1.82) is 0 Å². The lowest BCUT2D eigenvalue weighted by Crippen LogP contribution is -2.48. The molecular weight excluding hydrogens is 322 g/mol. The van der Waals surface area contributed by atoms with Gasteiger partial charge in [-0.25, -0.2) is 0 Å². The number of thioether (sulfide) groups is 1. The molecule has 2 aliphatic rings. The number of likely N-dealkylation sites (tertiary alicyclic amines) is 1. The summed E-state index contributed by atoms with van der Waals surface area (Å²) in [5.41, 5.74) is 2.52. The van der Waals surface area contributed by atoms with Crippen molar-refractivity contribution in [3.63, 3.8) is 0 Å². The Morgan fingerprint density at radius 3 is 2.75 bits per heavy atom. The molecule has 0 bridgehead atoms. The summed E-state index contributed by atoms with van der Waals surface area (Å²) in [5.74, 6) is 0.200. The average Bonchev–Trinajstić information content (AvgIpc) is 2.99. The summed E-state index contributed by atoms with van der Waals surface area (Å²) in [6, 6.07) is 6.65.